The third-order valence-electron chi connectivity index (χ3n) is 4.11. The topological polar surface area (TPSA) is 69.0 Å². The Balaban J connectivity index is 1.59. The Morgan fingerprint density at radius 1 is 1.35 bits per heavy atom. The molecule has 1 amide bonds. The molecule has 0 spiro atoms. The second kappa shape index (κ2) is 7.76. The maximum atomic E-state index is 12.4. The highest BCUT2D eigenvalue weighted by Gasteiger charge is 2.28. The average molecular weight is 368 g/mol. The Bertz CT molecular complexity index is 754. The molecule has 0 aliphatic heterocycles. The summed E-state index contributed by atoms with van der Waals surface area (Å²) in [6.07, 6.45) is 3.79. The van der Waals surface area contributed by atoms with Crippen LogP contribution in [0.4, 0.5) is 13.2 Å². The van der Waals surface area contributed by atoms with Gasteiger partial charge in [0, 0.05) is 24.5 Å². The van der Waals surface area contributed by atoms with Gasteiger partial charge in [-0.2, -0.15) is 18.3 Å². The van der Waals surface area contributed by atoms with Crippen molar-refractivity contribution in [3.8, 4) is 5.88 Å². The van der Waals surface area contributed by atoms with E-state index in [2.05, 4.69) is 15.4 Å². The summed E-state index contributed by atoms with van der Waals surface area (Å²) in [7, 11) is 0. The number of amides is 1. The van der Waals surface area contributed by atoms with Crippen molar-refractivity contribution in [3.05, 3.63) is 41.9 Å². The summed E-state index contributed by atoms with van der Waals surface area (Å²) in [5, 5.41) is 6.23. The fourth-order valence-corrected chi connectivity index (χ4v) is 2.86. The molecule has 1 saturated carbocycles. The van der Waals surface area contributed by atoms with Gasteiger partial charge in [0.2, 0.25) is 5.88 Å². The van der Waals surface area contributed by atoms with E-state index >= 15 is 0 Å². The first-order chi connectivity index (χ1) is 12.4. The third-order valence-corrected chi connectivity index (χ3v) is 4.11. The van der Waals surface area contributed by atoms with Crippen molar-refractivity contribution in [3.63, 3.8) is 0 Å². The number of halogens is 3. The minimum Gasteiger partial charge on any atom is -0.474 e. The number of nitrogens with zero attached hydrogens (tertiary/aromatic N) is 3. The van der Waals surface area contributed by atoms with Gasteiger partial charge in [0.15, 0.2) is 0 Å². The lowest BCUT2D eigenvalue weighted by Gasteiger charge is -2.15. The van der Waals surface area contributed by atoms with Crippen molar-refractivity contribution in [2.45, 2.75) is 51.1 Å². The van der Waals surface area contributed by atoms with Crippen LogP contribution in [0.25, 0.3) is 0 Å². The molecular weight excluding hydrogens is 349 g/mol. The molecule has 2 aromatic rings. The summed E-state index contributed by atoms with van der Waals surface area (Å²) >= 11 is 0. The van der Waals surface area contributed by atoms with Crippen molar-refractivity contribution < 1.29 is 22.7 Å². The number of hydrogen-bond acceptors (Lipinski definition) is 4. The van der Waals surface area contributed by atoms with Gasteiger partial charge in [0.1, 0.15) is 12.6 Å². The molecule has 2 heterocycles. The predicted octanol–water partition coefficient (Wildman–Crippen LogP) is 3.09. The molecule has 2 aromatic heterocycles. The fraction of sp³-hybridized carbons (Fsp3) is 0.471. The van der Waals surface area contributed by atoms with Crippen LogP contribution in [0.5, 0.6) is 5.88 Å². The molecule has 26 heavy (non-hydrogen) atoms. The Morgan fingerprint density at radius 2 is 2.12 bits per heavy atom. The van der Waals surface area contributed by atoms with Gasteiger partial charge in [-0.25, -0.2) is 4.98 Å². The minimum atomic E-state index is -4.39. The standard InChI is InChI=1S/C17H19F3N4O2/c18-17(19,20)11-24-10-13(9-23-24)15(25)22-8-12-4-3-7-21-16(12)26-14-5-1-2-6-14/h3-4,7,9-10,14H,1-2,5-6,8,11H2,(H,22,25). The maximum absolute atomic E-state index is 12.4. The van der Waals surface area contributed by atoms with Crippen molar-refractivity contribution in [2.75, 3.05) is 0 Å². The summed E-state index contributed by atoms with van der Waals surface area (Å²) in [5.41, 5.74) is 0.784. The molecule has 140 valence electrons. The van der Waals surface area contributed by atoms with Gasteiger partial charge >= 0.3 is 6.18 Å². The lowest BCUT2D eigenvalue weighted by Crippen LogP contribution is -2.24. The van der Waals surface area contributed by atoms with E-state index < -0.39 is 18.6 Å². The van der Waals surface area contributed by atoms with E-state index in [0.717, 1.165) is 43.6 Å². The highest BCUT2D eigenvalue weighted by atomic mass is 19.4. The van der Waals surface area contributed by atoms with E-state index in [1.165, 1.54) is 0 Å². The first-order valence-corrected chi connectivity index (χ1v) is 8.39. The van der Waals surface area contributed by atoms with E-state index in [1.54, 1.807) is 18.3 Å². The van der Waals surface area contributed by atoms with Gasteiger partial charge in [-0.1, -0.05) is 6.07 Å². The van der Waals surface area contributed by atoms with Crippen LogP contribution in [-0.2, 0) is 13.1 Å². The SMILES string of the molecule is O=C(NCc1cccnc1OC1CCCC1)c1cnn(CC(F)(F)F)c1. The van der Waals surface area contributed by atoms with Crippen LogP contribution in [0, 0.1) is 0 Å². The van der Waals surface area contributed by atoms with E-state index in [0.29, 0.717) is 10.6 Å². The van der Waals surface area contributed by atoms with Gasteiger partial charge in [-0.3, -0.25) is 9.48 Å². The monoisotopic (exact) mass is 368 g/mol. The van der Waals surface area contributed by atoms with Crippen LogP contribution in [0.3, 0.4) is 0 Å². The normalized spacial score (nSPS) is 15.2. The number of carbonyl (C=O) groups is 1. The van der Waals surface area contributed by atoms with Gasteiger partial charge in [0.25, 0.3) is 5.91 Å². The Kier molecular flexibility index (Phi) is 5.43. The molecule has 6 nitrogen and oxygen atoms in total. The molecule has 0 atom stereocenters. The van der Waals surface area contributed by atoms with Crippen molar-refractivity contribution in [2.24, 2.45) is 0 Å². The summed E-state index contributed by atoms with van der Waals surface area (Å²) in [5.74, 6) is -0.0263. The number of pyridine rings is 1. The zero-order valence-electron chi connectivity index (χ0n) is 14.0. The Labute approximate surface area is 148 Å². The third kappa shape index (κ3) is 4.96. The molecule has 1 N–H and O–H groups in total. The van der Waals surface area contributed by atoms with Crippen LogP contribution in [0.1, 0.15) is 41.6 Å². The Morgan fingerprint density at radius 3 is 2.85 bits per heavy atom. The molecule has 0 unspecified atom stereocenters. The van der Waals surface area contributed by atoms with Crippen LogP contribution in [0.2, 0.25) is 0 Å². The number of nitrogens with one attached hydrogen (secondary N) is 1. The second-order valence-electron chi connectivity index (χ2n) is 6.22. The van der Waals surface area contributed by atoms with E-state index in [-0.39, 0.29) is 18.2 Å². The summed E-state index contributed by atoms with van der Waals surface area (Å²) in [6, 6.07) is 3.54. The predicted molar refractivity (Wildman–Crippen MR) is 86.6 cm³/mol. The van der Waals surface area contributed by atoms with E-state index in [9.17, 15) is 18.0 Å². The van der Waals surface area contributed by atoms with Crippen molar-refractivity contribution in [1.29, 1.82) is 0 Å². The molecular formula is C17H19F3N4O2. The first kappa shape index (κ1) is 18.2. The first-order valence-electron chi connectivity index (χ1n) is 8.39. The number of alkyl halides is 3. The quantitative estimate of drug-likeness (QED) is 0.851. The van der Waals surface area contributed by atoms with Crippen LogP contribution in [-0.4, -0.2) is 33.0 Å². The minimum absolute atomic E-state index is 0.0661. The summed E-state index contributed by atoms with van der Waals surface area (Å²) < 4.78 is 43.6. The van der Waals surface area contributed by atoms with Gasteiger partial charge < -0.3 is 10.1 Å². The zero-order chi connectivity index (χ0) is 18.6. The highest BCUT2D eigenvalue weighted by molar-refractivity contribution is 5.93. The van der Waals surface area contributed by atoms with E-state index in [1.807, 2.05) is 0 Å². The smallest absolute Gasteiger partial charge is 0.408 e. The molecule has 0 bridgehead atoms. The zero-order valence-corrected chi connectivity index (χ0v) is 14.0. The van der Waals surface area contributed by atoms with Gasteiger partial charge in [-0.05, 0) is 31.7 Å². The molecule has 1 aliphatic rings. The molecule has 0 saturated heterocycles. The van der Waals surface area contributed by atoms with Crippen LogP contribution < -0.4 is 10.1 Å². The van der Waals surface area contributed by atoms with Crippen molar-refractivity contribution >= 4 is 5.91 Å². The molecule has 0 radical (unpaired) electrons. The molecule has 3 rings (SSSR count). The highest BCUT2D eigenvalue weighted by Crippen LogP contribution is 2.25. The molecule has 9 heteroatoms. The fourth-order valence-electron chi connectivity index (χ4n) is 2.86. The van der Waals surface area contributed by atoms with Gasteiger partial charge in [-0.15, -0.1) is 0 Å². The largest absolute Gasteiger partial charge is 0.474 e. The Hall–Kier alpha value is -2.58. The molecule has 0 aromatic carbocycles. The average Bonchev–Trinajstić information content (AvgIpc) is 3.24. The molecule has 1 fully saturated rings. The van der Waals surface area contributed by atoms with Crippen LogP contribution >= 0.6 is 0 Å². The number of ether oxygens (including phenoxy) is 1. The maximum Gasteiger partial charge on any atom is 0.408 e. The van der Waals surface area contributed by atoms with Gasteiger partial charge in [0.05, 0.1) is 11.8 Å². The second-order valence-corrected chi connectivity index (χ2v) is 6.22. The lowest BCUT2D eigenvalue weighted by atomic mass is 10.2. The number of aromatic nitrogens is 3. The number of hydrogen-bond donors (Lipinski definition) is 1. The number of rotatable bonds is 6. The van der Waals surface area contributed by atoms with Crippen LogP contribution in [0.15, 0.2) is 30.7 Å². The number of carbonyl (C=O) groups excluding carboxylic acids is 1. The van der Waals surface area contributed by atoms with E-state index in [4.69, 9.17) is 4.74 Å². The summed E-state index contributed by atoms with van der Waals surface area (Å²) in [6.45, 7) is -1.07. The lowest BCUT2D eigenvalue weighted by molar-refractivity contribution is -0.142. The van der Waals surface area contributed by atoms with Crippen molar-refractivity contribution in [1.82, 2.24) is 20.1 Å². The summed E-state index contributed by atoms with van der Waals surface area (Å²) in [4.78, 5) is 16.4. The molecule has 1 aliphatic carbocycles.